The Kier molecular flexibility index (Phi) is 12.9. The molecule has 5 atom stereocenters. The molecule has 240 valence electrons. The van der Waals surface area contributed by atoms with Crippen LogP contribution in [-0.2, 0) is 23.9 Å². The molecule has 1 aliphatic heterocycles. The lowest BCUT2D eigenvalue weighted by Crippen LogP contribution is -2.59. The number of alkyl halides is 2. The van der Waals surface area contributed by atoms with Gasteiger partial charge in [-0.15, -0.1) is 36.4 Å². The summed E-state index contributed by atoms with van der Waals surface area (Å²) in [4.78, 5) is 67.7. The van der Waals surface area contributed by atoms with Gasteiger partial charge in [-0.05, 0) is 64.7 Å². The van der Waals surface area contributed by atoms with E-state index in [1.807, 2.05) is 0 Å². The largest absolute Gasteiger partial charge is 0.447 e. The first-order valence-electron chi connectivity index (χ1n) is 15.4. The molecule has 1 saturated heterocycles. The van der Waals surface area contributed by atoms with Crippen molar-refractivity contribution >= 4 is 52.8 Å². The molecule has 12 heteroatoms. The summed E-state index contributed by atoms with van der Waals surface area (Å²) in [5, 5.41) is 8.10. The number of nitrogens with zero attached hydrogens (tertiary/aromatic N) is 1. The number of piperidine rings is 1. The van der Waals surface area contributed by atoms with Crippen LogP contribution in [0.5, 0.6) is 0 Å². The molecule has 4 amide bonds. The smallest absolute Gasteiger partial charge is 0.408 e. The van der Waals surface area contributed by atoms with Crippen molar-refractivity contribution in [3.63, 3.8) is 0 Å². The second kappa shape index (κ2) is 15.9. The number of rotatable bonds is 16. The standard InChI is InChI=1S/C31H46Cl2N4O6/c1-5-7-9-13-17-34-28(40)26(38)22(16-8-6-2)35-27(39)25-23-21(31(23,32)33)18-37(25)29(41)24(20-14-11-10-12-15-20)36-30(42)43-19(3)4/h5-6,19-25H,1-2,7-18H2,3-4H3,(H,34,40)(H,35,39)(H,36,42)/t21?,22?,23?,24?,25-/m0/s1. The van der Waals surface area contributed by atoms with Gasteiger partial charge in [-0.2, -0.15) is 0 Å². The van der Waals surface area contributed by atoms with E-state index in [0.717, 1.165) is 44.9 Å². The Morgan fingerprint density at radius 2 is 1.67 bits per heavy atom. The van der Waals surface area contributed by atoms with Gasteiger partial charge in [0, 0.05) is 24.9 Å². The number of hydrogen-bond donors (Lipinski definition) is 3. The highest BCUT2D eigenvalue weighted by atomic mass is 35.5. The fourth-order valence-corrected chi connectivity index (χ4v) is 7.03. The van der Waals surface area contributed by atoms with Gasteiger partial charge in [0.2, 0.25) is 17.6 Å². The zero-order chi connectivity index (χ0) is 31.7. The predicted octanol–water partition coefficient (Wildman–Crippen LogP) is 4.19. The van der Waals surface area contributed by atoms with Crippen LogP contribution in [-0.4, -0.2) is 76.2 Å². The number of Topliss-reactive ketones (excluding diaryl/α,β-unsaturated/α-hetero) is 1. The molecule has 0 bridgehead atoms. The maximum atomic E-state index is 14.1. The lowest BCUT2D eigenvalue weighted by molar-refractivity contribution is -0.144. The van der Waals surface area contributed by atoms with Gasteiger partial charge in [-0.3, -0.25) is 19.2 Å². The van der Waals surface area contributed by atoms with Crippen molar-refractivity contribution in [1.29, 1.82) is 0 Å². The maximum Gasteiger partial charge on any atom is 0.408 e. The van der Waals surface area contributed by atoms with E-state index in [4.69, 9.17) is 27.9 Å². The molecule has 10 nitrogen and oxygen atoms in total. The summed E-state index contributed by atoms with van der Waals surface area (Å²) in [6.45, 7) is 11.3. The molecular formula is C31H46Cl2N4O6. The highest BCUT2D eigenvalue weighted by molar-refractivity contribution is 6.51. The number of unbranched alkanes of at least 4 members (excludes halogenated alkanes) is 2. The zero-order valence-electron chi connectivity index (χ0n) is 25.2. The molecule has 43 heavy (non-hydrogen) atoms. The molecule has 0 aromatic heterocycles. The van der Waals surface area contributed by atoms with Crippen LogP contribution in [0.1, 0.15) is 78.1 Å². The molecule has 0 spiro atoms. The monoisotopic (exact) mass is 640 g/mol. The van der Waals surface area contributed by atoms with Crippen molar-refractivity contribution in [2.75, 3.05) is 13.1 Å². The van der Waals surface area contributed by atoms with E-state index in [1.54, 1.807) is 26.0 Å². The van der Waals surface area contributed by atoms with Crippen molar-refractivity contribution in [2.24, 2.45) is 17.8 Å². The average Bonchev–Trinajstić information content (AvgIpc) is 3.29. The Balaban J connectivity index is 1.78. The Morgan fingerprint density at radius 1 is 1.00 bits per heavy atom. The minimum Gasteiger partial charge on any atom is -0.447 e. The van der Waals surface area contributed by atoms with E-state index in [0.29, 0.717) is 19.4 Å². The SMILES string of the molecule is C=CCCCCNC(=O)C(=O)C(CCC=C)NC(=O)[C@@H]1C2C(CN1C(=O)C(NC(=O)OC(C)C)C1CCCCC1)C2(Cl)Cl. The third-order valence-corrected chi connectivity index (χ3v) is 9.59. The van der Waals surface area contributed by atoms with Crippen LogP contribution in [0.25, 0.3) is 0 Å². The number of alkyl carbamates (subject to hydrolysis) is 1. The van der Waals surface area contributed by atoms with Crippen molar-refractivity contribution in [1.82, 2.24) is 20.9 Å². The lowest BCUT2D eigenvalue weighted by Gasteiger charge is -2.36. The highest BCUT2D eigenvalue weighted by Gasteiger charge is 2.74. The van der Waals surface area contributed by atoms with E-state index in [9.17, 15) is 24.0 Å². The fraction of sp³-hybridized carbons (Fsp3) is 0.710. The van der Waals surface area contributed by atoms with E-state index >= 15 is 0 Å². The molecule has 0 aromatic carbocycles. The first-order valence-corrected chi connectivity index (χ1v) is 16.2. The maximum absolute atomic E-state index is 14.1. The van der Waals surface area contributed by atoms with Gasteiger partial charge in [-0.1, -0.05) is 31.4 Å². The third-order valence-electron chi connectivity index (χ3n) is 8.52. The van der Waals surface area contributed by atoms with Crippen LogP contribution in [0.2, 0.25) is 0 Å². The normalized spacial score (nSPS) is 23.8. The summed E-state index contributed by atoms with van der Waals surface area (Å²) in [7, 11) is 0. The van der Waals surface area contributed by atoms with Crippen LogP contribution in [0, 0.1) is 17.8 Å². The molecular weight excluding hydrogens is 595 g/mol. The second-order valence-electron chi connectivity index (χ2n) is 12.0. The first-order chi connectivity index (χ1) is 20.4. The Labute approximate surface area is 264 Å². The molecule has 3 aliphatic rings. The Hall–Kier alpha value is -2.59. The number of ether oxygens (including phenoxy) is 1. The number of fused-ring (bicyclic) bond motifs is 1. The first kappa shape index (κ1) is 34.9. The Bertz CT molecular complexity index is 1060. The number of carbonyl (C=O) groups excluding carboxylic acids is 5. The molecule has 0 aromatic rings. The summed E-state index contributed by atoms with van der Waals surface area (Å²) < 4.78 is 4.08. The minimum absolute atomic E-state index is 0.115. The highest BCUT2D eigenvalue weighted by Crippen LogP contribution is 2.65. The van der Waals surface area contributed by atoms with Crippen molar-refractivity contribution < 1.29 is 28.7 Å². The average molecular weight is 642 g/mol. The van der Waals surface area contributed by atoms with E-state index in [2.05, 4.69) is 29.1 Å². The minimum atomic E-state index is -1.20. The van der Waals surface area contributed by atoms with Crippen LogP contribution in [0.15, 0.2) is 25.3 Å². The number of carbonyl (C=O) groups is 5. The van der Waals surface area contributed by atoms with Gasteiger partial charge in [0.05, 0.1) is 12.1 Å². The molecule has 1 heterocycles. The van der Waals surface area contributed by atoms with Crippen molar-refractivity contribution in [3.05, 3.63) is 25.3 Å². The molecule has 4 unspecified atom stereocenters. The molecule has 3 fully saturated rings. The molecule has 2 aliphatic carbocycles. The van der Waals surface area contributed by atoms with Crippen molar-refractivity contribution in [3.8, 4) is 0 Å². The fourth-order valence-electron chi connectivity index (χ4n) is 6.21. The zero-order valence-corrected chi connectivity index (χ0v) is 26.8. The summed E-state index contributed by atoms with van der Waals surface area (Å²) in [6, 6.07) is -3.08. The van der Waals surface area contributed by atoms with Crippen molar-refractivity contribution in [2.45, 2.75) is 107 Å². The van der Waals surface area contributed by atoms with E-state index in [-0.39, 0.29) is 30.9 Å². The molecule has 3 N–H and O–H groups in total. The third kappa shape index (κ3) is 8.97. The predicted molar refractivity (Wildman–Crippen MR) is 165 cm³/mol. The van der Waals surface area contributed by atoms with Crippen LogP contribution < -0.4 is 16.0 Å². The van der Waals surface area contributed by atoms with Gasteiger partial charge in [-0.25, -0.2) is 4.79 Å². The second-order valence-corrected chi connectivity index (χ2v) is 13.5. The summed E-state index contributed by atoms with van der Waals surface area (Å²) in [6.07, 6.45) is 9.60. The summed E-state index contributed by atoms with van der Waals surface area (Å²) >= 11 is 13.0. The van der Waals surface area contributed by atoms with Crippen LogP contribution >= 0.6 is 23.2 Å². The Morgan fingerprint density at radius 3 is 2.30 bits per heavy atom. The van der Waals surface area contributed by atoms with E-state index < -0.39 is 58.0 Å². The molecule has 3 rings (SSSR count). The number of nitrogens with one attached hydrogen (secondary N) is 3. The quantitative estimate of drug-likeness (QED) is 0.100. The number of hydrogen-bond acceptors (Lipinski definition) is 6. The summed E-state index contributed by atoms with van der Waals surface area (Å²) in [5.41, 5.74) is 0. The number of halogens is 2. The van der Waals surface area contributed by atoms with Gasteiger partial charge in [0.1, 0.15) is 16.4 Å². The summed E-state index contributed by atoms with van der Waals surface area (Å²) in [5.74, 6) is -3.59. The number of likely N-dealkylation sites (tertiary alicyclic amines) is 1. The molecule has 2 saturated carbocycles. The number of allylic oxidation sites excluding steroid dienone is 2. The lowest BCUT2D eigenvalue weighted by atomic mass is 9.83. The number of ketones is 1. The topological polar surface area (TPSA) is 134 Å². The van der Waals surface area contributed by atoms with E-state index in [1.165, 1.54) is 4.90 Å². The van der Waals surface area contributed by atoms with Gasteiger partial charge in [0.25, 0.3) is 5.91 Å². The van der Waals surface area contributed by atoms with Gasteiger partial charge >= 0.3 is 6.09 Å². The molecule has 0 radical (unpaired) electrons. The van der Waals surface area contributed by atoms with Crippen LogP contribution in [0.3, 0.4) is 0 Å². The van der Waals surface area contributed by atoms with Gasteiger partial charge < -0.3 is 25.6 Å². The number of amides is 4. The van der Waals surface area contributed by atoms with Crippen LogP contribution in [0.4, 0.5) is 4.79 Å². The van der Waals surface area contributed by atoms with Gasteiger partial charge in [0.15, 0.2) is 0 Å².